The van der Waals surface area contributed by atoms with E-state index in [0.29, 0.717) is 13.2 Å². The molecule has 0 unspecified atom stereocenters. The highest BCUT2D eigenvalue weighted by Crippen LogP contribution is 2.28. The van der Waals surface area contributed by atoms with Crippen LogP contribution in [0.25, 0.3) is 0 Å². The van der Waals surface area contributed by atoms with Crippen molar-refractivity contribution in [3.63, 3.8) is 0 Å². The number of hydrogen-bond acceptors (Lipinski definition) is 4. The molecule has 0 radical (unpaired) electrons. The molecule has 4 nitrogen and oxygen atoms in total. The van der Waals surface area contributed by atoms with E-state index in [1.54, 1.807) is 13.2 Å². The lowest BCUT2D eigenvalue weighted by atomic mass is 10.1. The van der Waals surface area contributed by atoms with Crippen LogP contribution in [0.1, 0.15) is 11.1 Å². The molecule has 0 amide bonds. The molecule has 0 aromatic heterocycles. The van der Waals surface area contributed by atoms with Gasteiger partial charge in [-0.1, -0.05) is 28.1 Å². The summed E-state index contributed by atoms with van der Waals surface area (Å²) in [7, 11) is 1.65. The Morgan fingerprint density at radius 1 is 1.15 bits per heavy atom. The summed E-state index contributed by atoms with van der Waals surface area (Å²) < 4.78 is 6.18. The van der Waals surface area contributed by atoms with Gasteiger partial charge >= 0.3 is 0 Å². The average molecular weight is 338 g/mol. The lowest BCUT2D eigenvalue weighted by Gasteiger charge is -2.13. The smallest absolute Gasteiger partial charge is 0.157 e. The van der Waals surface area contributed by atoms with Gasteiger partial charge in [0.1, 0.15) is 0 Å². The number of nitrogens with one attached hydrogen (secondary N) is 1. The van der Waals surface area contributed by atoms with Crippen LogP contribution in [-0.4, -0.2) is 17.3 Å². The monoisotopic (exact) mass is 337 g/mol. The largest absolute Gasteiger partial charge is 0.504 e. The number of halogens is 1. The number of methoxy groups -OCH3 is 1. The van der Waals surface area contributed by atoms with Crippen LogP contribution in [0.15, 0.2) is 40.9 Å². The molecule has 0 spiro atoms. The molecule has 20 heavy (non-hydrogen) atoms. The Balaban J connectivity index is 2.14. The third-order valence-corrected chi connectivity index (χ3v) is 3.67. The lowest BCUT2D eigenvalue weighted by molar-refractivity contribution is 0.185. The standard InChI is InChI=1S/C15H16BrNO3/c1-20-9-11-12(16)3-2-4-13(11)17-8-10-5-6-14(18)15(19)7-10/h2-7,17-19H,8-9H2,1H3. The normalized spacial score (nSPS) is 10.5. The minimum absolute atomic E-state index is 0.115. The van der Waals surface area contributed by atoms with Crippen molar-refractivity contribution in [3.8, 4) is 11.5 Å². The van der Waals surface area contributed by atoms with Crippen LogP contribution in [0, 0.1) is 0 Å². The van der Waals surface area contributed by atoms with E-state index >= 15 is 0 Å². The number of anilines is 1. The molecule has 0 saturated carbocycles. The van der Waals surface area contributed by atoms with E-state index in [-0.39, 0.29) is 11.5 Å². The predicted molar refractivity (Wildman–Crippen MR) is 82.0 cm³/mol. The van der Waals surface area contributed by atoms with E-state index in [2.05, 4.69) is 21.2 Å². The summed E-state index contributed by atoms with van der Waals surface area (Å²) in [6, 6.07) is 10.7. The first-order valence-corrected chi connectivity index (χ1v) is 6.92. The predicted octanol–water partition coefficient (Wildman–Crippen LogP) is 3.62. The number of phenols is 2. The van der Waals surface area contributed by atoms with E-state index in [4.69, 9.17) is 4.74 Å². The van der Waals surface area contributed by atoms with Crippen molar-refractivity contribution in [1.29, 1.82) is 0 Å². The van der Waals surface area contributed by atoms with Crippen LogP contribution in [-0.2, 0) is 17.9 Å². The maximum atomic E-state index is 9.47. The summed E-state index contributed by atoms with van der Waals surface area (Å²) in [5.41, 5.74) is 2.88. The molecule has 0 aliphatic heterocycles. The van der Waals surface area contributed by atoms with Gasteiger partial charge in [0.25, 0.3) is 0 Å². The first kappa shape index (κ1) is 14.7. The SMILES string of the molecule is COCc1c(Br)cccc1NCc1ccc(O)c(O)c1. The van der Waals surface area contributed by atoms with Crippen molar-refractivity contribution in [2.24, 2.45) is 0 Å². The van der Waals surface area contributed by atoms with Gasteiger partial charge in [-0.15, -0.1) is 0 Å². The van der Waals surface area contributed by atoms with E-state index in [9.17, 15) is 10.2 Å². The zero-order chi connectivity index (χ0) is 14.5. The molecule has 3 N–H and O–H groups in total. The van der Waals surface area contributed by atoms with Gasteiger partial charge in [0.05, 0.1) is 6.61 Å². The maximum absolute atomic E-state index is 9.47. The first-order chi connectivity index (χ1) is 9.61. The fourth-order valence-corrected chi connectivity index (χ4v) is 2.37. The molecule has 0 aliphatic rings. The van der Waals surface area contributed by atoms with Crippen LogP contribution in [0.3, 0.4) is 0 Å². The number of ether oxygens (including phenoxy) is 1. The van der Waals surface area contributed by atoms with Crippen molar-refractivity contribution < 1.29 is 14.9 Å². The number of rotatable bonds is 5. The van der Waals surface area contributed by atoms with E-state index < -0.39 is 0 Å². The van der Waals surface area contributed by atoms with Gasteiger partial charge in [0.15, 0.2) is 11.5 Å². The Labute approximate surface area is 126 Å². The van der Waals surface area contributed by atoms with Gasteiger partial charge in [-0.25, -0.2) is 0 Å². The Hall–Kier alpha value is -1.72. The molecular formula is C15H16BrNO3. The zero-order valence-electron chi connectivity index (χ0n) is 11.1. The van der Waals surface area contributed by atoms with Gasteiger partial charge in [0, 0.05) is 29.4 Å². The Morgan fingerprint density at radius 3 is 2.65 bits per heavy atom. The Morgan fingerprint density at radius 2 is 1.95 bits per heavy atom. The summed E-state index contributed by atoms with van der Waals surface area (Å²) in [6.45, 7) is 1.05. The van der Waals surface area contributed by atoms with Gasteiger partial charge in [-0.3, -0.25) is 0 Å². The fourth-order valence-electron chi connectivity index (χ4n) is 1.89. The van der Waals surface area contributed by atoms with Gasteiger partial charge < -0.3 is 20.3 Å². The van der Waals surface area contributed by atoms with Crippen molar-refractivity contribution in [1.82, 2.24) is 0 Å². The molecular weight excluding hydrogens is 322 g/mol. The van der Waals surface area contributed by atoms with Crippen LogP contribution in [0.4, 0.5) is 5.69 Å². The molecule has 2 rings (SSSR count). The second kappa shape index (κ2) is 6.63. The number of benzene rings is 2. The summed E-state index contributed by atoms with van der Waals surface area (Å²) in [4.78, 5) is 0. The second-order valence-electron chi connectivity index (χ2n) is 4.38. The van der Waals surface area contributed by atoms with Gasteiger partial charge in [-0.2, -0.15) is 0 Å². The minimum Gasteiger partial charge on any atom is -0.504 e. The third-order valence-electron chi connectivity index (χ3n) is 2.93. The molecule has 0 aliphatic carbocycles. The molecule has 106 valence electrons. The second-order valence-corrected chi connectivity index (χ2v) is 5.23. The summed E-state index contributed by atoms with van der Waals surface area (Å²) in [5, 5.41) is 22.1. The van der Waals surface area contributed by atoms with Gasteiger partial charge in [0.2, 0.25) is 0 Å². The lowest BCUT2D eigenvalue weighted by Crippen LogP contribution is -2.03. The molecule has 0 saturated heterocycles. The summed E-state index contributed by atoms with van der Waals surface area (Å²) in [6.07, 6.45) is 0. The third kappa shape index (κ3) is 3.43. The van der Waals surface area contributed by atoms with Crippen molar-refractivity contribution in [2.45, 2.75) is 13.2 Å². The van der Waals surface area contributed by atoms with Crippen LogP contribution in [0.2, 0.25) is 0 Å². The first-order valence-electron chi connectivity index (χ1n) is 6.13. The molecule has 5 heteroatoms. The fraction of sp³-hybridized carbons (Fsp3) is 0.200. The number of aromatic hydroxyl groups is 2. The highest BCUT2D eigenvalue weighted by Gasteiger charge is 2.07. The molecule has 0 bridgehead atoms. The number of hydrogen-bond donors (Lipinski definition) is 3. The van der Waals surface area contributed by atoms with Crippen LogP contribution in [0.5, 0.6) is 11.5 Å². The molecule has 2 aromatic rings. The highest BCUT2D eigenvalue weighted by atomic mass is 79.9. The molecule has 2 aromatic carbocycles. The number of phenolic OH excluding ortho intramolecular Hbond substituents is 2. The molecule has 0 fully saturated rings. The maximum Gasteiger partial charge on any atom is 0.157 e. The molecule has 0 heterocycles. The van der Waals surface area contributed by atoms with Crippen molar-refractivity contribution in [2.75, 3.05) is 12.4 Å². The summed E-state index contributed by atoms with van der Waals surface area (Å²) in [5.74, 6) is -0.230. The van der Waals surface area contributed by atoms with E-state index in [1.165, 1.54) is 12.1 Å². The summed E-state index contributed by atoms with van der Waals surface area (Å²) >= 11 is 3.50. The van der Waals surface area contributed by atoms with Crippen LogP contribution < -0.4 is 5.32 Å². The zero-order valence-corrected chi connectivity index (χ0v) is 12.6. The molecule has 0 atom stereocenters. The van der Waals surface area contributed by atoms with E-state index in [0.717, 1.165) is 21.3 Å². The quantitative estimate of drug-likeness (QED) is 0.729. The highest BCUT2D eigenvalue weighted by molar-refractivity contribution is 9.10. The van der Waals surface area contributed by atoms with Crippen LogP contribution >= 0.6 is 15.9 Å². The Kier molecular flexibility index (Phi) is 4.87. The Bertz CT molecular complexity index is 602. The minimum atomic E-state index is -0.115. The topological polar surface area (TPSA) is 61.7 Å². The van der Waals surface area contributed by atoms with Crippen molar-refractivity contribution in [3.05, 3.63) is 52.0 Å². The van der Waals surface area contributed by atoms with E-state index in [1.807, 2.05) is 18.2 Å². The van der Waals surface area contributed by atoms with Gasteiger partial charge in [-0.05, 0) is 29.8 Å². The average Bonchev–Trinajstić information content (AvgIpc) is 2.43. The van der Waals surface area contributed by atoms with Crippen molar-refractivity contribution >= 4 is 21.6 Å².